The van der Waals surface area contributed by atoms with Crippen molar-refractivity contribution in [1.82, 2.24) is 0 Å². The van der Waals surface area contributed by atoms with Gasteiger partial charge in [-0.15, -0.1) is 0 Å². The number of hydrogen-bond donors (Lipinski definition) is 0. The summed E-state index contributed by atoms with van der Waals surface area (Å²) in [6.45, 7) is 1.96. The molecular formula is C16H17NO3. The first kappa shape index (κ1) is 14.3. The van der Waals surface area contributed by atoms with Crippen LogP contribution in [-0.4, -0.2) is 18.9 Å². The van der Waals surface area contributed by atoms with Gasteiger partial charge in [0.15, 0.2) is 0 Å². The zero-order valence-electron chi connectivity index (χ0n) is 11.7. The second kappa shape index (κ2) is 5.46. The predicted octanol–water partition coefficient (Wildman–Crippen LogP) is 2.30. The molecule has 0 N–H and O–H groups in total. The molecule has 0 unspecified atom stereocenters. The Balaban J connectivity index is 2.39. The summed E-state index contributed by atoms with van der Waals surface area (Å²) in [6.07, 6.45) is 0.902. The molecule has 0 amide bonds. The Morgan fingerprint density at radius 2 is 2.25 bits per heavy atom. The van der Waals surface area contributed by atoms with Crippen LogP contribution in [0.25, 0.3) is 0 Å². The van der Waals surface area contributed by atoms with Crippen molar-refractivity contribution in [3.8, 4) is 6.07 Å². The summed E-state index contributed by atoms with van der Waals surface area (Å²) in [7, 11) is 1.27. The second-order valence-corrected chi connectivity index (χ2v) is 5.31. The van der Waals surface area contributed by atoms with E-state index in [1.807, 2.05) is 31.2 Å². The van der Waals surface area contributed by atoms with Gasteiger partial charge in [0.05, 0.1) is 18.6 Å². The highest BCUT2D eigenvalue weighted by atomic mass is 16.5. The van der Waals surface area contributed by atoms with Crippen LogP contribution in [0, 0.1) is 24.2 Å². The molecular weight excluding hydrogens is 254 g/mol. The maximum Gasteiger partial charge on any atom is 0.316 e. The standard InChI is InChI=1S/C16H17NO3/c1-11-4-3-5-12(8-11)16(10-17)7-6-14(18)13(9-16)15(19)20-2/h3-5,8,13H,6-7,9H2,1-2H3/t13-,16+/m0/s1. The number of Topliss-reactive ketones (excluding diaryl/α,β-unsaturated/α-hetero) is 1. The average molecular weight is 271 g/mol. The van der Waals surface area contributed by atoms with E-state index in [4.69, 9.17) is 0 Å². The Morgan fingerprint density at radius 1 is 1.50 bits per heavy atom. The predicted molar refractivity (Wildman–Crippen MR) is 72.8 cm³/mol. The number of nitriles is 1. The van der Waals surface area contributed by atoms with Gasteiger partial charge in [-0.2, -0.15) is 5.26 Å². The van der Waals surface area contributed by atoms with Crippen LogP contribution >= 0.6 is 0 Å². The summed E-state index contributed by atoms with van der Waals surface area (Å²) in [5, 5.41) is 9.63. The number of esters is 1. The first-order chi connectivity index (χ1) is 9.52. The third-order valence-corrected chi connectivity index (χ3v) is 4.01. The molecule has 1 aliphatic carbocycles. The first-order valence-electron chi connectivity index (χ1n) is 6.61. The normalized spacial score (nSPS) is 25.9. The van der Waals surface area contributed by atoms with Crippen molar-refractivity contribution in [2.75, 3.05) is 7.11 Å². The Kier molecular flexibility index (Phi) is 3.89. The van der Waals surface area contributed by atoms with Crippen molar-refractivity contribution in [1.29, 1.82) is 5.26 Å². The topological polar surface area (TPSA) is 67.2 Å². The fourth-order valence-electron chi connectivity index (χ4n) is 2.80. The number of aryl methyl sites for hydroxylation is 1. The summed E-state index contributed by atoms with van der Waals surface area (Å²) in [5.41, 5.74) is 1.16. The lowest BCUT2D eigenvalue weighted by atomic mass is 9.66. The van der Waals surface area contributed by atoms with E-state index in [0.29, 0.717) is 6.42 Å². The zero-order valence-corrected chi connectivity index (χ0v) is 11.7. The molecule has 0 saturated heterocycles. The molecule has 0 heterocycles. The molecule has 4 nitrogen and oxygen atoms in total. The fraction of sp³-hybridized carbons (Fsp3) is 0.438. The van der Waals surface area contributed by atoms with Crippen LogP contribution in [0.5, 0.6) is 0 Å². The minimum absolute atomic E-state index is 0.129. The van der Waals surface area contributed by atoms with Crippen LogP contribution in [0.4, 0.5) is 0 Å². The summed E-state index contributed by atoms with van der Waals surface area (Å²) in [6, 6.07) is 10.0. The quantitative estimate of drug-likeness (QED) is 0.611. The highest BCUT2D eigenvalue weighted by Gasteiger charge is 2.45. The van der Waals surface area contributed by atoms with Gasteiger partial charge in [0.1, 0.15) is 11.7 Å². The molecule has 1 aromatic rings. The zero-order chi connectivity index (χ0) is 14.8. The van der Waals surface area contributed by atoms with Gasteiger partial charge in [-0.05, 0) is 25.3 Å². The number of methoxy groups -OCH3 is 1. The van der Waals surface area contributed by atoms with E-state index in [0.717, 1.165) is 11.1 Å². The van der Waals surface area contributed by atoms with Crippen molar-refractivity contribution in [3.63, 3.8) is 0 Å². The number of hydrogen-bond acceptors (Lipinski definition) is 4. The molecule has 0 radical (unpaired) electrons. The van der Waals surface area contributed by atoms with E-state index in [1.165, 1.54) is 7.11 Å². The van der Waals surface area contributed by atoms with Gasteiger partial charge in [-0.3, -0.25) is 9.59 Å². The van der Waals surface area contributed by atoms with Crippen molar-refractivity contribution in [2.45, 2.75) is 31.6 Å². The van der Waals surface area contributed by atoms with Crippen LogP contribution in [0.3, 0.4) is 0 Å². The monoisotopic (exact) mass is 271 g/mol. The molecule has 104 valence electrons. The third kappa shape index (κ3) is 2.44. The molecule has 1 fully saturated rings. The summed E-state index contributed by atoms with van der Waals surface area (Å²) >= 11 is 0. The summed E-state index contributed by atoms with van der Waals surface area (Å²) in [4.78, 5) is 23.6. The highest BCUT2D eigenvalue weighted by Crippen LogP contribution is 2.40. The van der Waals surface area contributed by atoms with Crippen LogP contribution in [-0.2, 0) is 19.7 Å². The van der Waals surface area contributed by atoms with Gasteiger partial charge in [-0.1, -0.05) is 29.8 Å². The van der Waals surface area contributed by atoms with Gasteiger partial charge in [0.2, 0.25) is 0 Å². The Morgan fingerprint density at radius 3 is 2.85 bits per heavy atom. The molecule has 1 saturated carbocycles. The number of ether oxygens (including phenoxy) is 1. The van der Waals surface area contributed by atoms with E-state index in [9.17, 15) is 14.9 Å². The lowest BCUT2D eigenvalue weighted by molar-refractivity contribution is -0.151. The molecule has 0 spiro atoms. The number of nitrogens with zero attached hydrogens (tertiary/aromatic N) is 1. The Bertz CT molecular complexity index is 580. The van der Waals surface area contributed by atoms with Gasteiger partial charge >= 0.3 is 5.97 Å². The minimum atomic E-state index is -0.825. The SMILES string of the molecule is COC(=O)[C@H]1C[C@](C#N)(c2cccc(C)c2)CCC1=O. The van der Waals surface area contributed by atoms with Crippen LogP contribution in [0.15, 0.2) is 24.3 Å². The van der Waals surface area contributed by atoms with Crippen LogP contribution in [0.2, 0.25) is 0 Å². The van der Waals surface area contributed by atoms with Crippen molar-refractivity contribution >= 4 is 11.8 Å². The number of carbonyl (C=O) groups is 2. The third-order valence-electron chi connectivity index (χ3n) is 4.01. The van der Waals surface area contributed by atoms with E-state index in [2.05, 4.69) is 10.8 Å². The number of rotatable bonds is 2. The molecule has 1 aromatic carbocycles. The number of benzene rings is 1. The molecule has 4 heteroatoms. The van der Waals surface area contributed by atoms with Gasteiger partial charge in [0, 0.05) is 6.42 Å². The maximum atomic E-state index is 11.9. The smallest absolute Gasteiger partial charge is 0.316 e. The van der Waals surface area contributed by atoms with Crippen LogP contribution < -0.4 is 0 Å². The first-order valence-corrected chi connectivity index (χ1v) is 6.61. The van der Waals surface area contributed by atoms with Crippen molar-refractivity contribution in [2.24, 2.45) is 5.92 Å². The van der Waals surface area contributed by atoms with Gasteiger partial charge < -0.3 is 4.74 Å². The Labute approximate surface area is 118 Å². The lowest BCUT2D eigenvalue weighted by Crippen LogP contribution is -2.40. The van der Waals surface area contributed by atoms with Crippen molar-refractivity contribution in [3.05, 3.63) is 35.4 Å². The van der Waals surface area contributed by atoms with Gasteiger partial charge in [-0.25, -0.2) is 0 Å². The number of ketones is 1. The molecule has 0 bridgehead atoms. The van der Waals surface area contributed by atoms with Gasteiger partial charge in [0.25, 0.3) is 0 Å². The maximum absolute atomic E-state index is 11.9. The molecule has 2 atom stereocenters. The van der Waals surface area contributed by atoms with E-state index < -0.39 is 17.3 Å². The lowest BCUT2D eigenvalue weighted by Gasteiger charge is -2.34. The Hall–Kier alpha value is -2.15. The molecule has 1 aliphatic rings. The minimum Gasteiger partial charge on any atom is -0.468 e. The fourth-order valence-corrected chi connectivity index (χ4v) is 2.80. The van der Waals surface area contributed by atoms with E-state index >= 15 is 0 Å². The molecule has 2 rings (SSSR count). The second-order valence-electron chi connectivity index (χ2n) is 5.31. The summed E-state index contributed by atoms with van der Waals surface area (Å²) in [5.74, 6) is -1.49. The molecule has 0 aromatic heterocycles. The summed E-state index contributed by atoms with van der Waals surface area (Å²) < 4.78 is 4.69. The van der Waals surface area contributed by atoms with E-state index in [1.54, 1.807) is 0 Å². The van der Waals surface area contributed by atoms with Crippen LogP contribution in [0.1, 0.15) is 30.4 Å². The largest absolute Gasteiger partial charge is 0.468 e. The van der Waals surface area contributed by atoms with Crippen molar-refractivity contribution < 1.29 is 14.3 Å². The van der Waals surface area contributed by atoms with E-state index in [-0.39, 0.29) is 18.6 Å². The molecule has 0 aliphatic heterocycles. The number of carbonyl (C=O) groups excluding carboxylic acids is 2. The highest BCUT2D eigenvalue weighted by molar-refractivity contribution is 6.00. The molecule has 20 heavy (non-hydrogen) atoms. The average Bonchev–Trinajstić information content (AvgIpc) is 2.47.